The number of amides is 1. The lowest BCUT2D eigenvalue weighted by molar-refractivity contribution is -0.117. The Morgan fingerprint density at radius 2 is 1.75 bits per heavy atom. The van der Waals surface area contributed by atoms with Crippen molar-refractivity contribution in [3.8, 4) is 5.88 Å². The summed E-state index contributed by atoms with van der Waals surface area (Å²) in [7, 11) is 1.76. The van der Waals surface area contributed by atoms with Crippen molar-refractivity contribution in [1.29, 1.82) is 0 Å². The number of carbonyl (C=O) groups is 1. The number of ether oxygens (including phenoxy) is 1. The van der Waals surface area contributed by atoms with Gasteiger partial charge in [0.05, 0.1) is 0 Å². The summed E-state index contributed by atoms with van der Waals surface area (Å²) in [4.78, 5) is 22.5. The van der Waals surface area contributed by atoms with E-state index >= 15 is 0 Å². The third-order valence-electron chi connectivity index (χ3n) is 5.85. The number of aromatic nitrogens is 1. The smallest absolute Gasteiger partial charge is 0.227 e. The first kappa shape index (κ1) is 24.3. The number of anilines is 1. The average molecular weight is 549 g/mol. The van der Waals surface area contributed by atoms with E-state index in [4.69, 9.17) is 4.74 Å². The van der Waals surface area contributed by atoms with Crippen molar-refractivity contribution >= 4 is 41.5 Å². The first-order valence-corrected chi connectivity index (χ1v) is 11.2. The summed E-state index contributed by atoms with van der Waals surface area (Å²) in [6.07, 6.45) is 8.53. The minimum absolute atomic E-state index is 0. The van der Waals surface area contributed by atoms with E-state index in [1.54, 1.807) is 7.05 Å². The topological polar surface area (TPSA) is 78.9 Å². The van der Waals surface area contributed by atoms with E-state index in [-0.39, 0.29) is 29.9 Å². The van der Waals surface area contributed by atoms with Gasteiger partial charge in [-0.1, -0.05) is 18.2 Å². The zero-order valence-electron chi connectivity index (χ0n) is 18.5. The molecule has 1 aromatic heterocycles. The maximum Gasteiger partial charge on any atom is 0.227 e. The number of nitrogens with zero attached hydrogens (tertiary/aromatic N) is 3. The molecule has 2 N–H and O–H groups in total. The lowest BCUT2D eigenvalue weighted by atomic mass is 10.2. The molecule has 1 amide bonds. The van der Waals surface area contributed by atoms with Crippen LogP contribution in [0.2, 0.25) is 0 Å². The summed E-state index contributed by atoms with van der Waals surface area (Å²) >= 11 is 0. The molecule has 1 saturated heterocycles. The molecule has 2 fully saturated rings. The molecule has 0 spiro atoms. The van der Waals surface area contributed by atoms with Gasteiger partial charge in [-0.2, -0.15) is 0 Å². The van der Waals surface area contributed by atoms with Crippen LogP contribution in [-0.2, 0) is 17.9 Å². The molecule has 32 heavy (non-hydrogen) atoms. The number of halogens is 1. The van der Waals surface area contributed by atoms with Crippen LogP contribution in [0.3, 0.4) is 0 Å². The van der Waals surface area contributed by atoms with E-state index < -0.39 is 0 Å². The number of rotatable bonds is 7. The van der Waals surface area contributed by atoms with Crippen LogP contribution in [0.25, 0.3) is 0 Å². The number of carbonyl (C=O) groups excluding carboxylic acids is 1. The van der Waals surface area contributed by atoms with Crippen molar-refractivity contribution in [2.75, 3.05) is 18.5 Å². The van der Waals surface area contributed by atoms with Crippen LogP contribution in [0.4, 0.5) is 5.69 Å². The Hall–Kier alpha value is -2.36. The molecule has 0 bridgehead atoms. The van der Waals surface area contributed by atoms with Crippen molar-refractivity contribution in [3.05, 3.63) is 53.7 Å². The lowest BCUT2D eigenvalue weighted by Crippen LogP contribution is -2.36. The maximum atomic E-state index is 11.9. The van der Waals surface area contributed by atoms with E-state index in [9.17, 15) is 4.79 Å². The molecule has 2 aromatic rings. The third-order valence-corrected chi connectivity index (χ3v) is 5.85. The molecular formula is C24H32IN5O2. The largest absolute Gasteiger partial charge is 0.474 e. The second kappa shape index (κ2) is 12.0. The summed E-state index contributed by atoms with van der Waals surface area (Å²) in [6.45, 7) is 2.10. The maximum absolute atomic E-state index is 11.9. The van der Waals surface area contributed by atoms with Gasteiger partial charge in [0.25, 0.3) is 0 Å². The van der Waals surface area contributed by atoms with E-state index in [1.165, 1.54) is 12.8 Å². The quantitative estimate of drug-likeness (QED) is 0.310. The van der Waals surface area contributed by atoms with Gasteiger partial charge >= 0.3 is 0 Å². The summed E-state index contributed by atoms with van der Waals surface area (Å²) in [5, 5.41) is 6.64. The van der Waals surface area contributed by atoms with Crippen LogP contribution in [-0.4, -0.2) is 36.5 Å². The zero-order chi connectivity index (χ0) is 21.5. The Morgan fingerprint density at radius 1 is 1.06 bits per heavy atom. The minimum atomic E-state index is 0. The summed E-state index contributed by atoms with van der Waals surface area (Å²) in [5.41, 5.74) is 3.18. The van der Waals surface area contributed by atoms with Gasteiger partial charge in [0.2, 0.25) is 11.8 Å². The molecule has 1 aliphatic heterocycles. The van der Waals surface area contributed by atoms with Crippen molar-refractivity contribution in [3.63, 3.8) is 0 Å². The minimum Gasteiger partial charge on any atom is -0.474 e. The van der Waals surface area contributed by atoms with Gasteiger partial charge < -0.3 is 20.3 Å². The summed E-state index contributed by atoms with van der Waals surface area (Å²) in [6, 6.07) is 12.1. The summed E-state index contributed by atoms with van der Waals surface area (Å²) < 4.78 is 5.92. The van der Waals surface area contributed by atoms with Crippen LogP contribution in [0.15, 0.2) is 47.6 Å². The van der Waals surface area contributed by atoms with Crippen LogP contribution >= 0.6 is 24.0 Å². The molecule has 2 heterocycles. The van der Waals surface area contributed by atoms with E-state index in [0.717, 1.165) is 48.6 Å². The second-order valence-electron chi connectivity index (χ2n) is 8.12. The highest BCUT2D eigenvalue weighted by Crippen LogP contribution is 2.23. The highest BCUT2D eigenvalue weighted by molar-refractivity contribution is 14.0. The van der Waals surface area contributed by atoms with Gasteiger partial charge in [-0.3, -0.25) is 9.79 Å². The first-order chi connectivity index (χ1) is 15.2. The van der Waals surface area contributed by atoms with Crippen molar-refractivity contribution in [2.45, 2.75) is 57.7 Å². The fraction of sp³-hybridized carbons (Fsp3) is 0.458. The molecule has 172 valence electrons. The molecule has 1 aliphatic carbocycles. The second-order valence-corrected chi connectivity index (χ2v) is 8.12. The van der Waals surface area contributed by atoms with Gasteiger partial charge in [-0.15, -0.1) is 24.0 Å². The van der Waals surface area contributed by atoms with Crippen LogP contribution < -0.4 is 20.3 Å². The van der Waals surface area contributed by atoms with Gasteiger partial charge in [0, 0.05) is 51.1 Å². The summed E-state index contributed by atoms with van der Waals surface area (Å²) in [5.74, 6) is 1.64. The van der Waals surface area contributed by atoms with Gasteiger partial charge in [0.15, 0.2) is 5.96 Å². The molecule has 0 unspecified atom stereocenters. The fourth-order valence-electron chi connectivity index (χ4n) is 4.07. The van der Waals surface area contributed by atoms with Crippen LogP contribution in [0.1, 0.15) is 49.7 Å². The molecule has 4 rings (SSSR count). The number of nitrogens with one attached hydrogen (secondary N) is 2. The fourth-order valence-corrected chi connectivity index (χ4v) is 4.07. The molecular weight excluding hydrogens is 517 g/mol. The van der Waals surface area contributed by atoms with E-state index in [2.05, 4.69) is 20.6 Å². The molecule has 0 atom stereocenters. The lowest BCUT2D eigenvalue weighted by Gasteiger charge is -2.16. The first-order valence-electron chi connectivity index (χ1n) is 11.2. The molecule has 8 heteroatoms. The molecule has 7 nitrogen and oxygen atoms in total. The molecule has 0 radical (unpaired) electrons. The number of pyridine rings is 1. The number of hydrogen-bond acceptors (Lipinski definition) is 4. The highest BCUT2D eigenvalue weighted by Gasteiger charge is 2.21. The predicted octanol–water partition coefficient (Wildman–Crippen LogP) is 4.01. The number of benzene rings is 1. The monoisotopic (exact) mass is 549 g/mol. The average Bonchev–Trinajstić information content (AvgIpc) is 3.47. The SMILES string of the molecule is CN=C(NCc1ccc(N2CCCC2=O)cc1)NCc1ccc(OC2CCCC2)nc1.I. The molecule has 1 saturated carbocycles. The van der Waals surface area contributed by atoms with E-state index in [0.29, 0.717) is 31.5 Å². The zero-order valence-corrected chi connectivity index (χ0v) is 20.9. The van der Waals surface area contributed by atoms with Crippen LogP contribution in [0.5, 0.6) is 5.88 Å². The standard InChI is InChI=1S/C24H31N5O2.HI/c1-25-24(27-15-18-8-11-20(12-9-18)29-14-4-7-23(29)30)28-17-19-10-13-22(26-16-19)31-21-5-2-3-6-21;/h8-13,16,21H,2-7,14-15,17H2,1H3,(H2,25,27,28);1H. The van der Waals surface area contributed by atoms with Gasteiger partial charge in [0.1, 0.15) is 6.10 Å². The Bertz CT molecular complexity index is 896. The Balaban J connectivity index is 0.00000289. The van der Waals surface area contributed by atoms with Crippen molar-refractivity contribution in [1.82, 2.24) is 15.6 Å². The van der Waals surface area contributed by atoms with E-state index in [1.807, 2.05) is 47.5 Å². The number of guanidine groups is 1. The Labute approximate surface area is 207 Å². The highest BCUT2D eigenvalue weighted by atomic mass is 127. The molecule has 1 aromatic carbocycles. The van der Waals surface area contributed by atoms with Crippen molar-refractivity contribution in [2.24, 2.45) is 4.99 Å². The van der Waals surface area contributed by atoms with Crippen molar-refractivity contribution < 1.29 is 9.53 Å². The van der Waals surface area contributed by atoms with Crippen LogP contribution in [0, 0.1) is 0 Å². The third kappa shape index (κ3) is 6.57. The number of hydrogen-bond donors (Lipinski definition) is 2. The normalized spacial score (nSPS) is 16.7. The van der Waals surface area contributed by atoms with Gasteiger partial charge in [-0.25, -0.2) is 4.98 Å². The Morgan fingerprint density at radius 3 is 2.34 bits per heavy atom. The number of aliphatic imine (C=N–C) groups is 1. The molecule has 2 aliphatic rings. The Kier molecular flexibility index (Phi) is 9.13. The predicted molar refractivity (Wildman–Crippen MR) is 138 cm³/mol. The van der Waals surface area contributed by atoms with Gasteiger partial charge in [-0.05, 0) is 55.4 Å².